The lowest BCUT2D eigenvalue weighted by Gasteiger charge is -2.25. The highest BCUT2D eigenvalue weighted by Crippen LogP contribution is 2.26. The van der Waals surface area contributed by atoms with E-state index in [2.05, 4.69) is 4.98 Å². The van der Waals surface area contributed by atoms with Crippen molar-refractivity contribution >= 4 is 5.91 Å². The second-order valence-electron chi connectivity index (χ2n) is 4.80. The number of carbonyl (C=O) groups is 1. The molecule has 104 valence electrons. The van der Waals surface area contributed by atoms with Gasteiger partial charge in [0.15, 0.2) is 0 Å². The van der Waals surface area contributed by atoms with E-state index in [9.17, 15) is 4.79 Å². The molecule has 2 N–H and O–H groups in total. The summed E-state index contributed by atoms with van der Waals surface area (Å²) in [5.74, 6) is 0.579. The van der Waals surface area contributed by atoms with Crippen LogP contribution in [-0.2, 0) is 0 Å². The third-order valence-electron chi connectivity index (χ3n) is 3.61. The van der Waals surface area contributed by atoms with E-state index in [0.29, 0.717) is 23.9 Å². The van der Waals surface area contributed by atoms with Crippen molar-refractivity contribution in [3.63, 3.8) is 0 Å². The van der Waals surface area contributed by atoms with Gasteiger partial charge in [-0.05, 0) is 38.3 Å². The van der Waals surface area contributed by atoms with Crippen LogP contribution in [0.2, 0.25) is 0 Å². The normalized spacial score (nSPS) is 18.6. The van der Waals surface area contributed by atoms with Crippen molar-refractivity contribution in [1.29, 1.82) is 0 Å². The van der Waals surface area contributed by atoms with Crippen LogP contribution in [0.5, 0.6) is 5.75 Å². The highest BCUT2D eigenvalue weighted by molar-refractivity contribution is 5.97. The molecule has 2 heterocycles. The fourth-order valence-electron chi connectivity index (χ4n) is 2.63. The van der Waals surface area contributed by atoms with Crippen LogP contribution in [0.25, 0.3) is 0 Å². The SMILES string of the molecule is COc1cnccc1C(=O)N1CCCC1CCCN. The Kier molecular flexibility index (Phi) is 4.74. The highest BCUT2D eigenvalue weighted by atomic mass is 16.5. The van der Waals surface area contributed by atoms with Crippen molar-refractivity contribution < 1.29 is 9.53 Å². The minimum Gasteiger partial charge on any atom is -0.494 e. The summed E-state index contributed by atoms with van der Waals surface area (Å²) in [5.41, 5.74) is 6.15. The number of aromatic nitrogens is 1. The second kappa shape index (κ2) is 6.52. The number of carbonyl (C=O) groups excluding carboxylic acids is 1. The lowest BCUT2D eigenvalue weighted by molar-refractivity contribution is 0.0726. The smallest absolute Gasteiger partial charge is 0.257 e. The largest absolute Gasteiger partial charge is 0.494 e. The minimum absolute atomic E-state index is 0.0405. The molecule has 1 fully saturated rings. The van der Waals surface area contributed by atoms with E-state index in [0.717, 1.165) is 32.2 Å². The molecule has 1 aliphatic heterocycles. The Morgan fingerprint density at radius 1 is 1.63 bits per heavy atom. The number of ether oxygens (including phenoxy) is 1. The van der Waals surface area contributed by atoms with Crippen LogP contribution in [0.4, 0.5) is 0 Å². The summed E-state index contributed by atoms with van der Waals surface area (Å²) in [6.07, 6.45) is 7.28. The van der Waals surface area contributed by atoms with Gasteiger partial charge in [0.1, 0.15) is 5.75 Å². The average molecular weight is 263 g/mol. The molecule has 19 heavy (non-hydrogen) atoms. The number of hydrogen-bond donors (Lipinski definition) is 1. The number of pyridine rings is 1. The summed E-state index contributed by atoms with van der Waals surface area (Å²) in [7, 11) is 1.56. The Morgan fingerprint density at radius 3 is 3.21 bits per heavy atom. The van der Waals surface area contributed by atoms with Crippen LogP contribution in [0.15, 0.2) is 18.5 Å². The van der Waals surface area contributed by atoms with Gasteiger partial charge in [-0.1, -0.05) is 0 Å². The lowest BCUT2D eigenvalue weighted by Crippen LogP contribution is -2.36. The standard InChI is InChI=1S/C14H21N3O2/c1-19-13-10-16-8-6-12(13)14(18)17-9-3-5-11(17)4-2-7-15/h6,8,10-11H,2-5,7,9,15H2,1H3. The number of rotatable bonds is 5. The van der Waals surface area contributed by atoms with Crippen molar-refractivity contribution in [2.75, 3.05) is 20.2 Å². The van der Waals surface area contributed by atoms with E-state index in [4.69, 9.17) is 10.5 Å². The zero-order valence-corrected chi connectivity index (χ0v) is 11.3. The molecular formula is C14H21N3O2. The lowest BCUT2D eigenvalue weighted by atomic mass is 10.1. The minimum atomic E-state index is 0.0405. The van der Waals surface area contributed by atoms with Crippen LogP contribution in [0.3, 0.4) is 0 Å². The molecule has 1 aromatic heterocycles. The Hall–Kier alpha value is -1.62. The van der Waals surface area contributed by atoms with Gasteiger partial charge < -0.3 is 15.4 Å². The quantitative estimate of drug-likeness (QED) is 0.872. The number of nitrogens with zero attached hydrogens (tertiary/aromatic N) is 2. The van der Waals surface area contributed by atoms with Crippen molar-refractivity contribution in [3.8, 4) is 5.75 Å². The van der Waals surface area contributed by atoms with E-state index in [1.54, 1.807) is 25.6 Å². The Bertz CT molecular complexity index is 436. The summed E-state index contributed by atoms with van der Waals surface area (Å²) in [5, 5.41) is 0. The molecule has 1 atom stereocenters. The van der Waals surface area contributed by atoms with Crippen LogP contribution in [0.1, 0.15) is 36.0 Å². The summed E-state index contributed by atoms with van der Waals surface area (Å²) >= 11 is 0. The third kappa shape index (κ3) is 3.04. The van der Waals surface area contributed by atoms with Crippen LogP contribution in [0, 0.1) is 0 Å². The van der Waals surface area contributed by atoms with E-state index < -0.39 is 0 Å². The first kappa shape index (κ1) is 13.8. The van der Waals surface area contributed by atoms with Gasteiger partial charge >= 0.3 is 0 Å². The maximum Gasteiger partial charge on any atom is 0.257 e. The molecule has 5 heteroatoms. The predicted molar refractivity (Wildman–Crippen MR) is 73.1 cm³/mol. The molecule has 1 aromatic rings. The first-order chi connectivity index (χ1) is 9.27. The molecule has 1 saturated heterocycles. The van der Waals surface area contributed by atoms with Gasteiger partial charge in [0.2, 0.25) is 0 Å². The topological polar surface area (TPSA) is 68.5 Å². The van der Waals surface area contributed by atoms with Crippen LogP contribution >= 0.6 is 0 Å². The van der Waals surface area contributed by atoms with Crippen molar-refractivity contribution in [3.05, 3.63) is 24.0 Å². The van der Waals surface area contributed by atoms with Gasteiger partial charge in [-0.2, -0.15) is 0 Å². The van der Waals surface area contributed by atoms with Crippen LogP contribution in [-0.4, -0.2) is 42.0 Å². The maximum atomic E-state index is 12.6. The Balaban J connectivity index is 2.13. The molecule has 0 saturated carbocycles. The zero-order valence-electron chi connectivity index (χ0n) is 11.3. The van der Waals surface area contributed by atoms with Gasteiger partial charge in [0.05, 0.1) is 18.9 Å². The molecule has 1 unspecified atom stereocenters. The Labute approximate surface area is 113 Å². The van der Waals surface area contributed by atoms with Crippen LogP contribution < -0.4 is 10.5 Å². The summed E-state index contributed by atoms with van der Waals surface area (Å²) < 4.78 is 5.21. The zero-order chi connectivity index (χ0) is 13.7. The molecule has 1 aliphatic rings. The fourth-order valence-corrected chi connectivity index (χ4v) is 2.63. The number of hydrogen-bond acceptors (Lipinski definition) is 4. The van der Waals surface area contributed by atoms with Crippen molar-refractivity contribution in [1.82, 2.24) is 9.88 Å². The van der Waals surface area contributed by atoms with E-state index >= 15 is 0 Å². The number of nitrogens with two attached hydrogens (primary N) is 1. The molecule has 0 aliphatic carbocycles. The summed E-state index contributed by atoms with van der Waals surface area (Å²) in [6.45, 7) is 1.50. The third-order valence-corrected chi connectivity index (χ3v) is 3.61. The van der Waals surface area contributed by atoms with E-state index in [1.165, 1.54) is 0 Å². The monoisotopic (exact) mass is 263 g/mol. The molecule has 0 aromatic carbocycles. The molecule has 1 amide bonds. The van der Waals surface area contributed by atoms with E-state index in [-0.39, 0.29) is 5.91 Å². The van der Waals surface area contributed by atoms with Gasteiger partial charge in [0.25, 0.3) is 5.91 Å². The number of methoxy groups -OCH3 is 1. The second-order valence-corrected chi connectivity index (χ2v) is 4.80. The molecular weight excluding hydrogens is 242 g/mol. The predicted octanol–water partition coefficient (Wildman–Crippen LogP) is 1.43. The molecule has 0 spiro atoms. The maximum absolute atomic E-state index is 12.6. The first-order valence-corrected chi connectivity index (χ1v) is 6.77. The Morgan fingerprint density at radius 2 is 2.47 bits per heavy atom. The highest BCUT2D eigenvalue weighted by Gasteiger charge is 2.30. The number of likely N-dealkylation sites (tertiary alicyclic amines) is 1. The van der Waals surface area contributed by atoms with Gasteiger partial charge in [-0.25, -0.2) is 0 Å². The van der Waals surface area contributed by atoms with Crippen molar-refractivity contribution in [2.45, 2.75) is 31.7 Å². The first-order valence-electron chi connectivity index (χ1n) is 6.77. The fraction of sp³-hybridized carbons (Fsp3) is 0.571. The molecule has 0 radical (unpaired) electrons. The number of amides is 1. The summed E-state index contributed by atoms with van der Waals surface area (Å²) in [4.78, 5) is 18.5. The molecule has 2 rings (SSSR count). The molecule has 5 nitrogen and oxygen atoms in total. The van der Waals surface area contributed by atoms with E-state index in [1.807, 2.05) is 4.90 Å². The average Bonchev–Trinajstić information content (AvgIpc) is 2.92. The van der Waals surface area contributed by atoms with Gasteiger partial charge in [-0.3, -0.25) is 9.78 Å². The van der Waals surface area contributed by atoms with Gasteiger partial charge in [-0.15, -0.1) is 0 Å². The van der Waals surface area contributed by atoms with Crippen molar-refractivity contribution in [2.24, 2.45) is 5.73 Å². The molecule has 0 bridgehead atoms. The van der Waals surface area contributed by atoms with Gasteiger partial charge in [0, 0.05) is 18.8 Å². The summed E-state index contributed by atoms with van der Waals surface area (Å²) in [6, 6.07) is 2.04.